The van der Waals surface area contributed by atoms with Gasteiger partial charge < -0.3 is 9.64 Å². The highest BCUT2D eigenvalue weighted by Gasteiger charge is 2.36. The van der Waals surface area contributed by atoms with Crippen molar-refractivity contribution >= 4 is 5.91 Å². The van der Waals surface area contributed by atoms with Crippen molar-refractivity contribution in [2.24, 2.45) is 5.92 Å². The van der Waals surface area contributed by atoms with Crippen LogP contribution >= 0.6 is 0 Å². The quantitative estimate of drug-likeness (QED) is 0.854. The summed E-state index contributed by atoms with van der Waals surface area (Å²) in [6.07, 6.45) is 8.85. The minimum absolute atomic E-state index is 0.103. The number of hydrogen-bond donors (Lipinski definition) is 0. The summed E-state index contributed by atoms with van der Waals surface area (Å²) < 4.78 is 6.91. The van der Waals surface area contributed by atoms with Gasteiger partial charge >= 0.3 is 0 Å². The first-order valence-corrected chi connectivity index (χ1v) is 9.00. The first kappa shape index (κ1) is 16.1. The minimum Gasteiger partial charge on any atom is -0.494 e. The van der Waals surface area contributed by atoms with Crippen LogP contribution in [-0.4, -0.2) is 50.7 Å². The van der Waals surface area contributed by atoms with E-state index in [2.05, 4.69) is 20.4 Å². The number of tetrazole rings is 1. The molecule has 25 heavy (non-hydrogen) atoms. The molecule has 0 spiro atoms. The van der Waals surface area contributed by atoms with Gasteiger partial charge in [0.25, 0.3) is 5.91 Å². The lowest BCUT2D eigenvalue weighted by Crippen LogP contribution is -2.39. The summed E-state index contributed by atoms with van der Waals surface area (Å²) in [5, 5.41) is 11.3. The van der Waals surface area contributed by atoms with Crippen molar-refractivity contribution in [2.45, 2.75) is 44.6 Å². The highest BCUT2D eigenvalue weighted by molar-refractivity contribution is 5.95. The van der Waals surface area contributed by atoms with Crippen LogP contribution in [0.2, 0.25) is 0 Å². The van der Waals surface area contributed by atoms with Crippen LogP contribution < -0.4 is 4.74 Å². The Morgan fingerprint density at radius 1 is 1.20 bits per heavy atom. The van der Waals surface area contributed by atoms with Crippen molar-refractivity contribution < 1.29 is 9.53 Å². The molecule has 0 bridgehead atoms. The highest BCUT2D eigenvalue weighted by atomic mass is 16.5. The fourth-order valence-corrected chi connectivity index (χ4v) is 4.32. The number of rotatable bonds is 4. The summed E-state index contributed by atoms with van der Waals surface area (Å²) >= 11 is 0. The summed E-state index contributed by atoms with van der Waals surface area (Å²) in [7, 11) is 1.60. The van der Waals surface area contributed by atoms with Crippen molar-refractivity contribution in [3.8, 4) is 11.4 Å². The van der Waals surface area contributed by atoms with Crippen molar-refractivity contribution in [1.29, 1.82) is 0 Å². The number of aromatic nitrogens is 4. The molecule has 2 aromatic rings. The van der Waals surface area contributed by atoms with Gasteiger partial charge in [-0.15, -0.1) is 5.10 Å². The van der Waals surface area contributed by atoms with E-state index in [1.165, 1.54) is 36.7 Å². The molecule has 0 unspecified atom stereocenters. The van der Waals surface area contributed by atoms with Gasteiger partial charge in [0.15, 0.2) is 0 Å². The molecule has 4 rings (SSSR count). The molecule has 132 valence electrons. The number of hydrogen-bond acceptors (Lipinski definition) is 5. The molecule has 1 aromatic carbocycles. The third-order valence-electron chi connectivity index (χ3n) is 5.53. The van der Waals surface area contributed by atoms with E-state index in [1.807, 2.05) is 18.2 Å². The molecule has 2 fully saturated rings. The molecule has 0 radical (unpaired) electrons. The molecule has 1 atom stereocenters. The van der Waals surface area contributed by atoms with Gasteiger partial charge in [0.2, 0.25) is 0 Å². The van der Waals surface area contributed by atoms with Gasteiger partial charge in [-0.25, -0.2) is 0 Å². The predicted octanol–water partition coefficient (Wildman–Crippen LogP) is 2.47. The van der Waals surface area contributed by atoms with E-state index < -0.39 is 0 Å². The molecular formula is C18H23N5O2. The Hall–Kier alpha value is -2.44. The molecule has 2 heterocycles. The Morgan fingerprint density at radius 2 is 2.04 bits per heavy atom. The zero-order valence-corrected chi connectivity index (χ0v) is 14.5. The van der Waals surface area contributed by atoms with Gasteiger partial charge in [-0.1, -0.05) is 12.8 Å². The first-order chi connectivity index (χ1) is 12.3. The molecule has 1 aliphatic carbocycles. The highest BCUT2D eigenvalue weighted by Crippen LogP contribution is 2.36. The van der Waals surface area contributed by atoms with Gasteiger partial charge in [0.05, 0.1) is 7.11 Å². The molecule has 1 saturated heterocycles. The maximum Gasteiger partial charge on any atom is 0.254 e. The van der Waals surface area contributed by atoms with E-state index in [1.54, 1.807) is 7.11 Å². The van der Waals surface area contributed by atoms with Crippen LogP contribution in [0, 0.1) is 5.92 Å². The van der Waals surface area contributed by atoms with Gasteiger partial charge in [-0.2, -0.15) is 4.68 Å². The van der Waals surface area contributed by atoms with Crippen molar-refractivity contribution in [1.82, 2.24) is 25.1 Å². The Bertz CT molecular complexity index is 740. The van der Waals surface area contributed by atoms with E-state index in [-0.39, 0.29) is 5.91 Å². The summed E-state index contributed by atoms with van der Waals surface area (Å²) in [5.74, 6) is 1.41. The maximum atomic E-state index is 13.2. The average Bonchev–Trinajstić information content (AvgIpc) is 3.42. The van der Waals surface area contributed by atoms with Crippen LogP contribution in [0.3, 0.4) is 0 Å². The second-order valence-corrected chi connectivity index (χ2v) is 6.89. The summed E-state index contributed by atoms with van der Waals surface area (Å²) in [4.78, 5) is 15.2. The number of ether oxygens (including phenoxy) is 1. The van der Waals surface area contributed by atoms with Crippen molar-refractivity contribution in [3.05, 3.63) is 30.1 Å². The molecule has 1 aliphatic heterocycles. The molecule has 1 aromatic heterocycles. The number of amides is 1. The molecular weight excluding hydrogens is 318 g/mol. The second kappa shape index (κ2) is 6.82. The van der Waals surface area contributed by atoms with E-state index >= 15 is 0 Å². The van der Waals surface area contributed by atoms with E-state index in [4.69, 9.17) is 4.74 Å². The zero-order chi connectivity index (χ0) is 17.2. The first-order valence-electron chi connectivity index (χ1n) is 9.00. The summed E-state index contributed by atoms with van der Waals surface area (Å²) in [6.45, 7) is 0.853. The molecule has 0 N–H and O–H groups in total. The van der Waals surface area contributed by atoms with Gasteiger partial charge in [0, 0.05) is 18.2 Å². The van der Waals surface area contributed by atoms with Crippen LogP contribution in [-0.2, 0) is 0 Å². The largest absolute Gasteiger partial charge is 0.494 e. The van der Waals surface area contributed by atoms with Gasteiger partial charge in [-0.05, 0) is 60.2 Å². The lowest BCUT2D eigenvalue weighted by molar-refractivity contribution is 0.0689. The van der Waals surface area contributed by atoms with E-state index in [9.17, 15) is 4.79 Å². The number of likely N-dealkylation sites (tertiary alicyclic amines) is 1. The molecule has 1 amide bonds. The number of carbonyl (C=O) groups is 1. The normalized spacial score (nSPS) is 21.0. The van der Waals surface area contributed by atoms with Gasteiger partial charge in [0.1, 0.15) is 17.8 Å². The van der Waals surface area contributed by atoms with Crippen LogP contribution in [0.5, 0.6) is 5.75 Å². The third kappa shape index (κ3) is 2.99. The zero-order valence-electron chi connectivity index (χ0n) is 14.5. The van der Waals surface area contributed by atoms with E-state index in [0.717, 1.165) is 19.4 Å². The number of benzene rings is 1. The lowest BCUT2D eigenvalue weighted by atomic mass is 9.95. The summed E-state index contributed by atoms with van der Waals surface area (Å²) in [5.41, 5.74) is 1.34. The van der Waals surface area contributed by atoms with E-state index in [0.29, 0.717) is 29.0 Å². The number of carbonyl (C=O) groups excluding carboxylic acids is 1. The number of methoxy groups -OCH3 is 1. The fraction of sp³-hybridized carbons (Fsp3) is 0.556. The Balaban J connectivity index is 1.62. The van der Waals surface area contributed by atoms with Crippen LogP contribution in [0.4, 0.5) is 0 Å². The van der Waals surface area contributed by atoms with Crippen molar-refractivity contribution in [3.63, 3.8) is 0 Å². The maximum absolute atomic E-state index is 13.2. The molecule has 1 saturated carbocycles. The fourth-order valence-electron chi connectivity index (χ4n) is 4.32. The molecule has 2 aliphatic rings. The van der Waals surface area contributed by atoms with Crippen LogP contribution in [0.15, 0.2) is 24.5 Å². The van der Waals surface area contributed by atoms with Crippen LogP contribution in [0.1, 0.15) is 48.9 Å². The Labute approximate surface area is 147 Å². The minimum atomic E-state index is 0.103. The monoisotopic (exact) mass is 341 g/mol. The standard InChI is InChI=1S/C18H23N5O2/c1-25-17-9-8-14(11-16(17)23-12-19-20-21-23)18(24)22-10-4-7-15(22)13-5-2-3-6-13/h8-9,11-13,15H,2-7,10H2,1H3/t15-/m1/s1. The smallest absolute Gasteiger partial charge is 0.254 e. The molecule has 7 heteroatoms. The van der Waals surface area contributed by atoms with Gasteiger partial charge in [-0.3, -0.25) is 4.79 Å². The van der Waals surface area contributed by atoms with Crippen molar-refractivity contribution in [2.75, 3.05) is 13.7 Å². The Kier molecular flexibility index (Phi) is 4.38. The molecule has 7 nitrogen and oxygen atoms in total. The second-order valence-electron chi connectivity index (χ2n) is 6.89. The van der Waals surface area contributed by atoms with Crippen LogP contribution in [0.25, 0.3) is 5.69 Å². The predicted molar refractivity (Wildman–Crippen MR) is 91.7 cm³/mol. The average molecular weight is 341 g/mol. The third-order valence-corrected chi connectivity index (χ3v) is 5.53. The summed E-state index contributed by atoms with van der Waals surface area (Å²) in [6, 6.07) is 5.86. The lowest BCUT2D eigenvalue weighted by Gasteiger charge is -2.29. The topological polar surface area (TPSA) is 73.1 Å². The number of nitrogens with zero attached hydrogens (tertiary/aromatic N) is 5. The SMILES string of the molecule is COc1ccc(C(=O)N2CCC[C@@H]2C2CCCC2)cc1-n1cnnn1. The Morgan fingerprint density at radius 3 is 2.76 bits per heavy atom.